The van der Waals surface area contributed by atoms with E-state index >= 15 is 0 Å². The molecule has 1 atom stereocenters. The van der Waals surface area contributed by atoms with Gasteiger partial charge in [-0.3, -0.25) is 0 Å². The van der Waals surface area contributed by atoms with Crippen LogP contribution in [0.3, 0.4) is 0 Å². The third-order valence-electron chi connectivity index (χ3n) is 2.70. The summed E-state index contributed by atoms with van der Waals surface area (Å²) in [6.45, 7) is 1.63. The average Bonchev–Trinajstić information content (AvgIpc) is 2.19. The number of benzene rings is 1. The highest BCUT2D eigenvalue weighted by atomic mass is 19.1. The lowest BCUT2D eigenvalue weighted by molar-refractivity contribution is 0.428. The second-order valence-corrected chi connectivity index (χ2v) is 3.68. The highest BCUT2D eigenvalue weighted by molar-refractivity contribution is 5.24. The van der Waals surface area contributed by atoms with E-state index in [4.69, 9.17) is 0 Å². The van der Waals surface area contributed by atoms with Crippen LogP contribution in [0.1, 0.15) is 24.3 Å². The lowest BCUT2D eigenvalue weighted by Crippen LogP contribution is -2.29. The number of hydrogen-bond donors (Lipinski definition) is 1. The van der Waals surface area contributed by atoms with Gasteiger partial charge in [0.05, 0.1) is 0 Å². The minimum Gasteiger partial charge on any atom is -0.316 e. The van der Waals surface area contributed by atoms with Crippen LogP contribution in [0.4, 0.5) is 8.78 Å². The summed E-state index contributed by atoms with van der Waals surface area (Å²) in [7, 11) is 0. The molecular weight excluding hydrogens is 184 g/mol. The Balaban J connectivity index is 2.29. The van der Waals surface area contributed by atoms with Gasteiger partial charge < -0.3 is 5.32 Å². The molecule has 0 radical (unpaired) electrons. The van der Waals surface area contributed by atoms with Gasteiger partial charge in [0.25, 0.3) is 0 Å². The lowest BCUT2D eigenvalue weighted by Gasteiger charge is -2.23. The van der Waals surface area contributed by atoms with Crippen molar-refractivity contribution in [2.45, 2.75) is 18.8 Å². The number of piperidine rings is 1. The Morgan fingerprint density at radius 1 is 1.21 bits per heavy atom. The van der Waals surface area contributed by atoms with Crippen LogP contribution >= 0.6 is 0 Å². The van der Waals surface area contributed by atoms with Gasteiger partial charge >= 0.3 is 0 Å². The summed E-state index contributed by atoms with van der Waals surface area (Å²) < 4.78 is 26.7. The molecule has 1 N–H and O–H groups in total. The van der Waals surface area contributed by atoms with E-state index in [0.29, 0.717) is 6.54 Å². The van der Waals surface area contributed by atoms with Crippen LogP contribution in [0, 0.1) is 11.6 Å². The van der Waals surface area contributed by atoms with Gasteiger partial charge in [0, 0.05) is 18.0 Å². The maximum absolute atomic E-state index is 13.4. The Kier molecular flexibility index (Phi) is 2.77. The molecule has 1 aromatic carbocycles. The van der Waals surface area contributed by atoms with Gasteiger partial charge in [0.15, 0.2) is 0 Å². The van der Waals surface area contributed by atoms with Crippen molar-refractivity contribution in [2.75, 3.05) is 13.1 Å². The molecule has 2 rings (SSSR count). The summed E-state index contributed by atoms with van der Waals surface area (Å²) in [5.41, 5.74) is 0.250. The zero-order valence-corrected chi connectivity index (χ0v) is 7.89. The fourth-order valence-electron chi connectivity index (χ4n) is 2.00. The lowest BCUT2D eigenvalue weighted by atomic mass is 9.91. The molecule has 0 aromatic heterocycles. The van der Waals surface area contributed by atoms with Gasteiger partial charge in [-0.25, -0.2) is 8.78 Å². The average molecular weight is 197 g/mol. The van der Waals surface area contributed by atoms with Crippen LogP contribution in [0.5, 0.6) is 0 Å². The summed E-state index contributed by atoms with van der Waals surface area (Å²) in [4.78, 5) is 0. The Hall–Kier alpha value is -0.960. The van der Waals surface area contributed by atoms with E-state index in [1.54, 1.807) is 0 Å². The summed E-state index contributed by atoms with van der Waals surface area (Å²) in [6.07, 6.45) is 1.85. The van der Waals surface area contributed by atoms with Gasteiger partial charge in [-0.2, -0.15) is 0 Å². The topological polar surface area (TPSA) is 12.0 Å². The van der Waals surface area contributed by atoms with E-state index in [2.05, 4.69) is 5.32 Å². The van der Waals surface area contributed by atoms with Crippen LogP contribution in [0.25, 0.3) is 0 Å². The molecule has 1 fully saturated rings. The molecule has 1 aliphatic heterocycles. The largest absolute Gasteiger partial charge is 0.316 e. The van der Waals surface area contributed by atoms with Gasteiger partial charge in [-0.05, 0) is 31.5 Å². The monoisotopic (exact) mass is 197 g/mol. The quantitative estimate of drug-likeness (QED) is 0.729. The minimum absolute atomic E-state index is 0.00931. The van der Waals surface area contributed by atoms with Gasteiger partial charge in [0.2, 0.25) is 0 Å². The maximum Gasteiger partial charge on any atom is 0.129 e. The van der Waals surface area contributed by atoms with Crippen LogP contribution in [-0.4, -0.2) is 13.1 Å². The van der Waals surface area contributed by atoms with Crippen LogP contribution in [-0.2, 0) is 0 Å². The molecule has 1 nitrogen and oxygen atoms in total. The molecule has 0 unspecified atom stereocenters. The van der Waals surface area contributed by atoms with Crippen LogP contribution in [0.2, 0.25) is 0 Å². The Morgan fingerprint density at radius 3 is 2.50 bits per heavy atom. The highest BCUT2D eigenvalue weighted by Crippen LogP contribution is 2.27. The van der Waals surface area contributed by atoms with Crippen molar-refractivity contribution in [1.29, 1.82) is 0 Å². The van der Waals surface area contributed by atoms with E-state index in [0.717, 1.165) is 19.4 Å². The molecular formula is C11H13F2N. The summed E-state index contributed by atoms with van der Waals surface area (Å²) in [6, 6.07) is 4.06. The van der Waals surface area contributed by atoms with Crippen molar-refractivity contribution >= 4 is 0 Å². The predicted octanol–water partition coefficient (Wildman–Crippen LogP) is 2.43. The second-order valence-electron chi connectivity index (χ2n) is 3.68. The summed E-state index contributed by atoms with van der Waals surface area (Å²) >= 11 is 0. The minimum atomic E-state index is -0.418. The first-order valence-electron chi connectivity index (χ1n) is 4.93. The van der Waals surface area contributed by atoms with E-state index in [-0.39, 0.29) is 11.5 Å². The first-order chi connectivity index (χ1) is 6.79. The van der Waals surface area contributed by atoms with Crippen LogP contribution in [0.15, 0.2) is 18.2 Å². The van der Waals surface area contributed by atoms with Crippen molar-refractivity contribution in [3.8, 4) is 0 Å². The fourth-order valence-corrected chi connectivity index (χ4v) is 2.00. The highest BCUT2D eigenvalue weighted by Gasteiger charge is 2.21. The third kappa shape index (κ3) is 1.77. The molecule has 1 saturated heterocycles. The molecule has 1 aliphatic rings. The van der Waals surface area contributed by atoms with Crippen molar-refractivity contribution in [3.63, 3.8) is 0 Å². The van der Waals surface area contributed by atoms with E-state index in [9.17, 15) is 8.78 Å². The van der Waals surface area contributed by atoms with Gasteiger partial charge in [-0.1, -0.05) is 6.07 Å². The zero-order valence-electron chi connectivity index (χ0n) is 7.89. The molecule has 0 amide bonds. The molecule has 0 aliphatic carbocycles. The first kappa shape index (κ1) is 9.59. The zero-order chi connectivity index (χ0) is 9.97. The Labute approximate surface area is 82.1 Å². The van der Waals surface area contributed by atoms with E-state index in [1.165, 1.54) is 18.2 Å². The number of nitrogens with one attached hydrogen (secondary N) is 1. The number of halogens is 2. The Morgan fingerprint density at radius 2 is 1.93 bits per heavy atom. The second kappa shape index (κ2) is 4.05. The third-order valence-corrected chi connectivity index (χ3v) is 2.70. The smallest absolute Gasteiger partial charge is 0.129 e. The standard InChI is InChI=1S/C11H13F2N/c12-9-4-1-5-10(13)11(9)8-3-2-6-14-7-8/h1,4-5,8,14H,2-3,6-7H2/t8-/m0/s1. The molecule has 0 saturated carbocycles. The molecule has 0 bridgehead atoms. The predicted molar refractivity (Wildman–Crippen MR) is 51.2 cm³/mol. The SMILES string of the molecule is Fc1cccc(F)c1[C@H]1CCCNC1. The first-order valence-corrected chi connectivity index (χ1v) is 4.93. The molecule has 3 heteroatoms. The number of rotatable bonds is 1. The molecule has 1 heterocycles. The summed E-state index contributed by atoms with van der Waals surface area (Å²) in [5, 5.41) is 3.15. The maximum atomic E-state index is 13.4. The van der Waals surface area contributed by atoms with Crippen molar-refractivity contribution < 1.29 is 8.78 Å². The summed E-state index contributed by atoms with van der Waals surface area (Å²) in [5.74, 6) is -0.845. The van der Waals surface area contributed by atoms with Gasteiger partial charge in [0.1, 0.15) is 11.6 Å². The van der Waals surface area contributed by atoms with Crippen molar-refractivity contribution in [2.24, 2.45) is 0 Å². The van der Waals surface area contributed by atoms with E-state index in [1.807, 2.05) is 0 Å². The fraction of sp³-hybridized carbons (Fsp3) is 0.455. The molecule has 0 spiro atoms. The molecule has 1 aromatic rings. The van der Waals surface area contributed by atoms with E-state index < -0.39 is 11.6 Å². The van der Waals surface area contributed by atoms with Crippen molar-refractivity contribution in [3.05, 3.63) is 35.4 Å². The molecule has 76 valence electrons. The number of hydrogen-bond acceptors (Lipinski definition) is 1. The van der Waals surface area contributed by atoms with Crippen LogP contribution < -0.4 is 5.32 Å². The Bertz CT molecular complexity index is 299. The normalized spacial score (nSPS) is 22.3. The van der Waals surface area contributed by atoms with Crippen molar-refractivity contribution in [1.82, 2.24) is 5.32 Å². The molecule has 14 heavy (non-hydrogen) atoms. The van der Waals surface area contributed by atoms with Gasteiger partial charge in [-0.15, -0.1) is 0 Å².